The second kappa shape index (κ2) is 11.2. The van der Waals surface area contributed by atoms with Crippen LogP contribution in [0.4, 0.5) is 0 Å². The smallest absolute Gasteiger partial charge is 0.224 e. The van der Waals surface area contributed by atoms with Crippen molar-refractivity contribution in [3.8, 4) is 10.6 Å². The van der Waals surface area contributed by atoms with Crippen molar-refractivity contribution in [2.24, 2.45) is 5.92 Å². The molecule has 1 aliphatic heterocycles. The van der Waals surface area contributed by atoms with Crippen LogP contribution in [0.2, 0.25) is 0 Å². The fourth-order valence-electron chi connectivity index (χ4n) is 3.64. The summed E-state index contributed by atoms with van der Waals surface area (Å²) in [6.45, 7) is 2.85. The lowest BCUT2D eigenvalue weighted by molar-refractivity contribution is -0.120. The molecule has 158 valence electrons. The first kappa shape index (κ1) is 22.4. The first-order valence-corrected chi connectivity index (χ1v) is 11.0. The van der Waals surface area contributed by atoms with E-state index in [2.05, 4.69) is 44.9 Å². The second-order valence-corrected chi connectivity index (χ2v) is 8.40. The lowest BCUT2D eigenvalue weighted by atomic mass is 9.97. The van der Waals surface area contributed by atoms with Crippen LogP contribution in [0.5, 0.6) is 0 Å². The number of pyridine rings is 1. The molecule has 0 bridgehead atoms. The fourth-order valence-corrected chi connectivity index (χ4v) is 4.48. The van der Waals surface area contributed by atoms with Gasteiger partial charge in [-0.1, -0.05) is 24.3 Å². The summed E-state index contributed by atoms with van der Waals surface area (Å²) >= 11 is 1.61. The van der Waals surface area contributed by atoms with Crippen LogP contribution in [-0.4, -0.2) is 35.5 Å². The lowest BCUT2D eigenvalue weighted by Crippen LogP contribution is -2.27. The van der Waals surface area contributed by atoms with Crippen LogP contribution in [0.1, 0.15) is 23.2 Å². The maximum Gasteiger partial charge on any atom is 0.224 e. The Morgan fingerprint density at radius 2 is 2.03 bits per heavy atom. The molecule has 2 N–H and O–H groups in total. The molecular formula is C23H27ClN4OS. The number of benzene rings is 1. The summed E-state index contributed by atoms with van der Waals surface area (Å²) in [5.74, 6) is 0.800. The van der Waals surface area contributed by atoms with Gasteiger partial charge in [0.15, 0.2) is 0 Å². The molecule has 1 atom stereocenters. The van der Waals surface area contributed by atoms with Crippen LogP contribution in [-0.2, 0) is 24.1 Å². The largest absolute Gasteiger partial charge is 0.355 e. The molecule has 1 aliphatic rings. The minimum absolute atomic E-state index is 0. The van der Waals surface area contributed by atoms with E-state index >= 15 is 0 Å². The van der Waals surface area contributed by atoms with Gasteiger partial charge < -0.3 is 10.6 Å². The van der Waals surface area contributed by atoms with Gasteiger partial charge in [-0.2, -0.15) is 0 Å². The predicted molar refractivity (Wildman–Crippen MR) is 124 cm³/mol. The Kier molecular flexibility index (Phi) is 8.37. The van der Waals surface area contributed by atoms with E-state index in [9.17, 15) is 4.79 Å². The van der Waals surface area contributed by atoms with Crippen LogP contribution < -0.4 is 10.6 Å². The molecule has 1 fully saturated rings. The molecule has 0 aliphatic carbocycles. The summed E-state index contributed by atoms with van der Waals surface area (Å²) in [5.41, 5.74) is 4.44. The van der Waals surface area contributed by atoms with Crippen molar-refractivity contribution in [2.45, 2.75) is 25.7 Å². The van der Waals surface area contributed by atoms with Crippen molar-refractivity contribution in [3.63, 3.8) is 0 Å². The normalized spacial score (nSPS) is 15.5. The van der Waals surface area contributed by atoms with E-state index in [1.165, 1.54) is 12.0 Å². The Labute approximate surface area is 187 Å². The van der Waals surface area contributed by atoms with Crippen molar-refractivity contribution in [1.29, 1.82) is 0 Å². The highest BCUT2D eigenvalue weighted by Gasteiger charge is 2.14. The highest BCUT2D eigenvalue weighted by atomic mass is 35.5. The van der Waals surface area contributed by atoms with E-state index in [0.29, 0.717) is 13.0 Å². The number of amides is 1. The highest BCUT2D eigenvalue weighted by molar-refractivity contribution is 7.13. The number of nitrogens with zero attached hydrogens (tertiary/aromatic N) is 2. The number of hydrogen-bond acceptors (Lipinski definition) is 5. The van der Waals surface area contributed by atoms with Crippen LogP contribution in [0, 0.1) is 5.92 Å². The van der Waals surface area contributed by atoms with Crippen molar-refractivity contribution in [2.75, 3.05) is 19.6 Å². The molecule has 7 heteroatoms. The van der Waals surface area contributed by atoms with Gasteiger partial charge in [-0.25, -0.2) is 4.98 Å². The highest BCUT2D eigenvalue weighted by Crippen LogP contribution is 2.22. The monoisotopic (exact) mass is 442 g/mol. The number of carbonyl (C=O) groups excluding carboxylic acids is 1. The zero-order chi connectivity index (χ0) is 19.9. The Morgan fingerprint density at radius 3 is 2.77 bits per heavy atom. The third-order valence-corrected chi connectivity index (χ3v) is 6.18. The van der Waals surface area contributed by atoms with Crippen molar-refractivity contribution in [3.05, 3.63) is 71.0 Å². The van der Waals surface area contributed by atoms with Crippen molar-refractivity contribution in [1.82, 2.24) is 20.6 Å². The van der Waals surface area contributed by atoms with E-state index in [1.807, 2.05) is 23.7 Å². The van der Waals surface area contributed by atoms with Crippen molar-refractivity contribution >= 4 is 29.7 Å². The number of thiazole rings is 1. The van der Waals surface area contributed by atoms with Gasteiger partial charge in [0.25, 0.3) is 0 Å². The topological polar surface area (TPSA) is 66.9 Å². The standard InChI is InChI=1S/C23H26N4OS.ClH/c28-22(13-18-5-3-17(4-6-18)12-19-7-10-25-14-19)26-11-8-21-16-29-23(27-21)20-2-1-9-24-15-20;/h1-6,9,15-16,19,25H,7-8,10-14H2,(H,26,28);1H. The van der Waals surface area contributed by atoms with E-state index < -0.39 is 0 Å². The fraction of sp³-hybridized carbons (Fsp3) is 0.348. The first-order chi connectivity index (χ1) is 14.3. The molecule has 1 amide bonds. The average Bonchev–Trinajstić information content (AvgIpc) is 3.42. The Morgan fingerprint density at radius 1 is 1.20 bits per heavy atom. The SMILES string of the molecule is Cl.O=C(Cc1ccc(CC2CCNC2)cc1)NCCc1csc(-c2cccnc2)n1. The minimum atomic E-state index is 0. The van der Waals surface area contributed by atoms with Gasteiger partial charge >= 0.3 is 0 Å². The molecule has 3 heterocycles. The quantitative estimate of drug-likeness (QED) is 0.558. The molecule has 1 saturated heterocycles. The molecule has 2 aromatic heterocycles. The first-order valence-electron chi connectivity index (χ1n) is 10.2. The molecule has 0 spiro atoms. The van der Waals surface area contributed by atoms with E-state index in [1.54, 1.807) is 17.5 Å². The summed E-state index contributed by atoms with van der Waals surface area (Å²) in [5, 5.41) is 9.43. The molecule has 1 aromatic carbocycles. The minimum Gasteiger partial charge on any atom is -0.355 e. The molecule has 30 heavy (non-hydrogen) atoms. The second-order valence-electron chi connectivity index (χ2n) is 7.54. The molecule has 1 unspecified atom stereocenters. The summed E-state index contributed by atoms with van der Waals surface area (Å²) in [6, 6.07) is 12.4. The van der Waals surface area contributed by atoms with E-state index in [0.717, 1.165) is 53.7 Å². The molecule has 5 nitrogen and oxygen atoms in total. The number of aromatic nitrogens is 2. The molecule has 3 aromatic rings. The Bertz CT molecular complexity index is 924. The van der Waals surface area contributed by atoms with Crippen LogP contribution in [0.3, 0.4) is 0 Å². The molecule has 0 radical (unpaired) electrons. The van der Waals surface area contributed by atoms with Gasteiger partial charge in [0.2, 0.25) is 5.91 Å². The van der Waals surface area contributed by atoms with Gasteiger partial charge in [0.1, 0.15) is 5.01 Å². The lowest BCUT2D eigenvalue weighted by Gasteiger charge is -2.09. The zero-order valence-electron chi connectivity index (χ0n) is 16.8. The summed E-state index contributed by atoms with van der Waals surface area (Å²) in [4.78, 5) is 21.0. The Balaban J connectivity index is 0.00000256. The number of nitrogens with one attached hydrogen (secondary N) is 2. The summed E-state index contributed by atoms with van der Waals surface area (Å²) < 4.78 is 0. The number of rotatable bonds is 8. The Hall–Kier alpha value is -2.28. The molecule has 4 rings (SSSR count). The maximum atomic E-state index is 12.2. The summed E-state index contributed by atoms with van der Waals surface area (Å²) in [6.07, 6.45) is 7.11. The average molecular weight is 443 g/mol. The number of carbonyl (C=O) groups is 1. The predicted octanol–water partition coefficient (Wildman–Crippen LogP) is 3.68. The molecule has 0 saturated carbocycles. The van der Waals surface area contributed by atoms with Gasteiger partial charge in [0.05, 0.1) is 12.1 Å². The van der Waals surface area contributed by atoms with Gasteiger partial charge in [0, 0.05) is 36.3 Å². The number of hydrogen-bond donors (Lipinski definition) is 2. The molecular weight excluding hydrogens is 416 g/mol. The zero-order valence-corrected chi connectivity index (χ0v) is 18.5. The third-order valence-electron chi connectivity index (χ3n) is 5.24. The van der Waals surface area contributed by atoms with Gasteiger partial charge in [-0.3, -0.25) is 9.78 Å². The number of halogens is 1. The van der Waals surface area contributed by atoms with Crippen LogP contribution in [0.15, 0.2) is 54.2 Å². The maximum absolute atomic E-state index is 12.2. The van der Waals surface area contributed by atoms with Gasteiger partial charge in [-0.05, 0) is 55.1 Å². The third kappa shape index (κ3) is 6.36. The van der Waals surface area contributed by atoms with E-state index in [4.69, 9.17) is 0 Å². The van der Waals surface area contributed by atoms with Crippen LogP contribution in [0.25, 0.3) is 10.6 Å². The van der Waals surface area contributed by atoms with E-state index in [-0.39, 0.29) is 18.3 Å². The van der Waals surface area contributed by atoms with Crippen LogP contribution >= 0.6 is 23.7 Å². The summed E-state index contributed by atoms with van der Waals surface area (Å²) in [7, 11) is 0. The van der Waals surface area contributed by atoms with Gasteiger partial charge in [-0.15, -0.1) is 23.7 Å². The van der Waals surface area contributed by atoms with Crippen molar-refractivity contribution < 1.29 is 4.79 Å².